The van der Waals surface area contributed by atoms with E-state index in [-0.39, 0.29) is 13.2 Å². The number of fused-ring (bicyclic) bond motifs is 1. The van der Waals surface area contributed by atoms with Crippen molar-refractivity contribution in [2.24, 2.45) is 0 Å². The van der Waals surface area contributed by atoms with Crippen molar-refractivity contribution in [3.63, 3.8) is 0 Å². The highest BCUT2D eigenvalue weighted by molar-refractivity contribution is 7.09. The van der Waals surface area contributed by atoms with Crippen LogP contribution in [-0.2, 0) is 16.1 Å². The molecule has 0 bridgehead atoms. The second-order valence-electron chi connectivity index (χ2n) is 4.14. The molecule has 20 heavy (non-hydrogen) atoms. The molecule has 0 amide bonds. The lowest BCUT2D eigenvalue weighted by Crippen LogP contribution is -2.17. The quantitative estimate of drug-likeness (QED) is 0.816. The Morgan fingerprint density at radius 1 is 1.50 bits per heavy atom. The van der Waals surface area contributed by atoms with Gasteiger partial charge in [-0.3, -0.25) is 0 Å². The number of thiazole rings is 1. The van der Waals surface area contributed by atoms with Crippen LogP contribution in [0.5, 0.6) is 5.75 Å². The van der Waals surface area contributed by atoms with Crippen LogP contribution in [0.1, 0.15) is 10.6 Å². The summed E-state index contributed by atoms with van der Waals surface area (Å²) in [5.74, 6) is 0.316. The molecule has 2 aromatic rings. The Hall–Kier alpha value is -1.85. The Morgan fingerprint density at radius 2 is 2.40 bits per heavy atom. The number of hydrogen-bond donors (Lipinski definition) is 0. The summed E-state index contributed by atoms with van der Waals surface area (Å²) in [6.45, 7) is 0.377. The minimum Gasteiger partial charge on any atom is -0.488 e. The van der Waals surface area contributed by atoms with E-state index in [1.165, 1.54) is 11.3 Å². The average molecular weight is 308 g/mol. The first-order valence-corrected chi connectivity index (χ1v) is 7.16. The predicted octanol–water partition coefficient (Wildman–Crippen LogP) is 3.32. The van der Waals surface area contributed by atoms with Gasteiger partial charge in [0, 0.05) is 22.2 Å². The maximum absolute atomic E-state index is 12.0. The lowest BCUT2D eigenvalue weighted by atomic mass is 10.1. The molecule has 0 saturated carbocycles. The van der Waals surface area contributed by atoms with Crippen LogP contribution in [0.25, 0.3) is 6.08 Å². The van der Waals surface area contributed by atoms with Crippen molar-refractivity contribution in [2.75, 3.05) is 6.61 Å². The van der Waals surface area contributed by atoms with Crippen molar-refractivity contribution in [2.45, 2.75) is 6.61 Å². The number of carbonyl (C=O) groups is 1. The first kappa shape index (κ1) is 13.1. The standard InChI is InChI=1S/C14H10ClNO3S/c15-11-1-2-12-9(6-11)5-10(7-18-12)14(17)19-8-13-16-3-4-20-13/h1-6H,7-8H2. The minimum atomic E-state index is -0.397. The van der Waals surface area contributed by atoms with Crippen molar-refractivity contribution >= 4 is 35.0 Å². The van der Waals surface area contributed by atoms with Gasteiger partial charge in [0.2, 0.25) is 0 Å². The van der Waals surface area contributed by atoms with E-state index < -0.39 is 5.97 Å². The Kier molecular flexibility index (Phi) is 3.71. The first-order chi connectivity index (χ1) is 9.72. The summed E-state index contributed by atoms with van der Waals surface area (Å²) in [5.41, 5.74) is 1.25. The number of halogens is 1. The number of nitrogens with zero attached hydrogens (tertiary/aromatic N) is 1. The van der Waals surface area contributed by atoms with E-state index in [4.69, 9.17) is 21.1 Å². The van der Waals surface area contributed by atoms with Crippen molar-refractivity contribution in [3.05, 3.63) is 50.9 Å². The summed E-state index contributed by atoms with van der Waals surface area (Å²) in [5, 5.41) is 3.20. The molecule has 0 aliphatic carbocycles. The number of esters is 1. The molecule has 3 rings (SSSR count). The maximum Gasteiger partial charge on any atom is 0.337 e. The Balaban J connectivity index is 1.72. The van der Waals surface area contributed by atoms with Gasteiger partial charge in [0.1, 0.15) is 24.0 Å². The first-order valence-electron chi connectivity index (χ1n) is 5.91. The van der Waals surface area contributed by atoms with Gasteiger partial charge in [0.15, 0.2) is 0 Å². The van der Waals surface area contributed by atoms with Gasteiger partial charge in [-0.1, -0.05) is 11.6 Å². The largest absolute Gasteiger partial charge is 0.488 e. The highest BCUT2D eigenvalue weighted by Crippen LogP contribution is 2.29. The molecular weight excluding hydrogens is 298 g/mol. The van der Waals surface area contributed by atoms with Gasteiger partial charge in [0.25, 0.3) is 0 Å². The Labute approximate surface area is 124 Å². The van der Waals surface area contributed by atoms with Crippen LogP contribution in [0.3, 0.4) is 0 Å². The third-order valence-electron chi connectivity index (χ3n) is 2.76. The fraction of sp³-hybridized carbons (Fsp3) is 0.143. The van der Waals surface area contributed by atoms with E-state index in [9.17, 15) is 4.79 Å². The summed E-state index contributed by atoms with van der Waals surface area (Å²) in [7, 11) is 0. The van der Waals surface area contributed by atoms with Gasteiger partial charge in [-0.25, -0.2) is 9.78 Å². The number of hydrogen-bond acceptors (Lipinski definition) is 5. The number of benzene rings is 1. The highest BCUT2D eigenvalue weighted by atomic mass is 35.5. The Morgan fingerprint density at radius 3 is 3.20 bits per heavy atom. The van der Waals surface area contributed by atoms with Gasteiger partial charge in [-0.2, -0.15) is 0 Å². The van der Waals surface area contributed by atoms with Gasteiger partial charge < -0.3 is 9.47 Å². The predicted molar refractivity (Wildman–Crippen MR) is 76.8 cm³/mol. The van der Waals surface area contributed by atoms with Crippen LogP contribution in [0.4, 0.5) is 0 Å². The van der Waals surface area contributed by atoms with Crippen molar-refractivity contribution < 1.29 is 14.3 Å². The van der Waals surface area contributed by atoms with E-state index in [2.05, 4.69) is 4.98 Å². The second-order valence-corrected chi connectivity index (χ2v) is 5.56. The summed E-state index contributed by atoms with van der Waals surface area (Å²) >= 11 is 7.37. The van der Waals surface area contributed by atoms with Crippen LogP contribution in [0.15, 0.2) is 35.3 Å². The number of rotatable bonds is 3. The van der Waals surface area contributed by atoms with E-state index in [0.29, 0.717) is 16.3 Å². The number of ether oxygens (including phenoxy) is 2. The zero-order valence-electron chi connectivity index (χ0n) is 10.3. The molecule has 102 valence electrons. The molecule has 1 aromatic heterocycles. The summed E-state index contributed by atoms with van der Waals surface area (Å²) in [6.07, 6.45) is 3.42. The van der Waals surface area contributed by atoms with Gasteiger partial charge in [0.05, 0.1) is 5.57 Å². The SMILES string of the molecule is O=C(OCc1nccs1)C1=Cc2cc(Cl)ccc2OC1. The highest BCUT2D eigenvalue weighted by Gasteiger charge is 2.19. The van der Waals surface area contributed by atoms with Gasteiger partial charge in [-0.05, 0) is 24.3 Å². The Bertz CT molecular complexity index is 667. The molecule has 1 aromatic carbocycles. The molecule has 0 fully saturated rings. The van der Waals surface area contributed by atoms with Crippen LogP contribution in [0.2, 0.25) is 5.02 Å². The van der Waals surface area contributed by atoms with Crippen molar-refractivity contribution in [3.8, 4) is 5.75 Å². The van der Waals surface area contributed by atoms with E-state index >= 15 is 0 Å². The van der Waals surface area contributed by atoms with Crippen LogP contribution >= 0.6 is 22.9 Å². The van der Waals surface area contributed by atoms with Crippen LogP contribution in [0, 0.1) is 0 Å². The van der Waals surface area contributed by atoms with Crippen molar-refractivity contribution in [1.82, 2.24) is 4.98 Å². The molecule has 0 spiro atoms. The molecule has 0 atom stereocenters. The third kappa shape index (κ3) is 2.84. The van der Waals surface area contributed by atoms with Crippen LogP contribution in [-0.4, -0.2) is 17.6 Å². The normalized spacial score (nSPS) is 13.2. The smallest absolute Gasteiger partial charge is 0.337 e. The zero-order chi connectivity index (χ0) is 13.9. The topological polar surface area (TPSA) is 48.4 Å². The van der Waals surface area contributed by atoms with Crippen LogP contribution < -0.4 is 4.74 Å². The number of aromatic nitrogens is 1. The average Bonchev–Trinajstić information content (AvgIpc) is 2.97. The van der Waals surface area contributed by atoms with E-state index in [1.54, 1.807) is 30.5 Å². The second kappa shape index (κ2) is 5.64. The zero-order valence-corrected chi connectivity index (χ0v) is 11.9. The third-order valence-corrected chi connectivity index (χ3v) is 3.75. The monoisotopic (exact) mass is 307 g/mol. The van der Waals surface area contributed by atoms with E-state index in [0.717, 1.165) is 10.6 Å². The lowest BCUT2D eigenvalue weighted by molar-refractivity contribution is -0.140. The molecule has 1 aliphatic rings. The minimum absolute atomic E-state index is 0.177. The van der Waals surface area contributed by atoms with Gasteiger partial charge >= 0.3 is 5.97 Å². The molecule has 0 saturated heterocycles. The summed E-state index contributed by atoms with van der Waals surface area (Å²) in [6, 6.07) is 5.29. The number of carbonyl (C=O) groups excluding carboxylic acids is 1. The fourth-order valence-electron chi connectivity index (χ4n) is 1.81. The molecule has 2 heterocycles. The molecule has 4 nitrogen and oxygen atoms in total. The maximum atomic E-state index is 12.0. The molecule has 0 radical (unpaired) electrons. The summed E-state index contributed by atoms with van der Waals surface area (Å²) in [4.78, 5) is 16.0. The molecule has 1 aliphatic heterocycles. The molecule has 0 unspecified atom stereocenters. The van der Waals surface area contributed by atoms with Crippen molar-refractivity contribution in [1.29, 1.82) is 0 Å². The van der Waals surface area contributed by atoms with E-state index in [1.807, 2.05) is 5.38 Å². The summed E-state index contributed by atoms with van der Waals surface area (Å²) < 4.78 is 10.7. The molecule has 6 heteroatoms. The lowest BCUT2D eigenvalue weighted by Gasteiger charge is -2.17. The molecule has 0 N–H and O–H groups in total. The molecular formula is C14H10ClNO3S. The fourth-order valence-corrected chi connectivity index (χ4v) is 2.52. The van der Waals surface area contributed by atoms with Gasteiger partial charge in [-0.15, -0.1) is 11.3 Å².